The second-order valence-electron chi connectivity index (χ2n) is 13.1. The zero-order valence-corrected chi connectivity index (χ0v) is 29.2. The van der Waals surface area contributed by atoms with Crippen molar-refractivity contribution in [2.45, 2.75) is 77.0 Å². The Balaban J connectivity index is 1.39. The molecule has 0 aromatic heterocycles. The van der Waals surface area contributed by atoms with Crippen LogP contribution in [0.1, 0.15) is 68.8 Å². The van der Waals surface area contributed by atoms with Gasteiger partial charge in [-0.15, -0.1) is 0 Å². The lowest BCUT2D eigenvalue weighted by atomic mass is 9.81. The topological polar surface area (TPSA) is 145 Å². The van der Waals surface area contributed by atoms with E-state index < -0.39 is 29.6 Å². The highest BCUT2D eigenvalue weighted by Crippen LogP contribution is 2.42. The molecule has 1 aliphatic heterocycles. The van der Waals surface area contributed by atoms with Crippen molar-refractivity contribution < 1.29 is 33.8 Å². The molecule has 2 unspecified atom stereocenters. The van der Waals surface area contributed by atoms with Gasteiger partial charge in [0.05, 0.1) is 12.5 Å². The standard InChI is InChI=1S/C38H43ClN4O7/c1-24(44)40-21-20-38(18-4-5-19-38)37(49)41-32(36(47)48)22-26-6-14-30(15-7-26)43-34(28-10-12-29(39)13-11-28)42(25(2)45)33(35(43)46)23-27-8-16-31(50-3)17-9-27/h6-17,32-34H,4-5,18-23H2,1-3H3,(H,40,44)(H,41,49)(H,47,48)/t32?,33-,34?/m1/s1. The van der Waals surface area contributed by atoms with Crippen LogP contribution in [-0.4, -0.2) is 65.3 Å². The van der Waals surface area contributed by atoms with Gasteiger partial charge >= 0.3 is 5.97 Å². The van der Waals surface area contributed by atoms with Crippen molar-refractivity contribution in [3.63, 3.8) is 0 Å². The normalized spacial score (nSPS) is 18.8. The maximum Gasteiger partial charge on any atom is 0.326 e. The fraction of sp³-hybridized carbons (Fsp3) is 0.395. The average Bonchev–Trinajstić information content (AvgIpc) is 3.68. The zero-order chi connectivity index (χ0) is 36.0. The third-order valence-corrected chi connectivity index (χ3v) is 10.0. The number of halogens is 1. The molecule has 50 heavy (non-hydrogen) atoms. The van der Waals surface area contributed by atoms with Gasteiger partial charge in [0.2, 0.25) is 17.7 Å². The van der Waals surface area contributed by atoms with Crippen LogP contribution in [0.25, 0.3) is 0 Å². The number of carboxylic acid groups (broad SMARTS) is 1. The number of carbonyl (C=O) groups excluding carboxylic acids is 4. The summed E-state index contributed by atoms with van der Waals surface area (Å²) < 4.78 is 5.28. The third-order valence-electron chi connectivity index (χ3n) is 9.76. The number of hydrogen-bond donors (Lipinski definition) is 3. The Kier molecular flexibility index (Phi) is 11.5. The van der Waals surface area contributed by atoms with E-state index in [4.69, 9.17) is 16.3 Å². The van der Waals surface area contributed by atoms with Crippen LogP contribution in [0, 0.1) is 5.41 Å². The molecule has 12 heteroatoms. The van der Waals surface area contributed by atoms with Crippen molar-refractivity contribution in [1.29, 1.82) is 0 Å². The fourth-order valence-corrected chi connectivity index (χ4v) is 7.26. The summed E-state index contributed by atoms with van der Waals surface area (Å²) in [6.45, 7) is 3.21. The molecule has 3 aromatic carbocycles. The van der Waals surface area contributed by atoms with Gasteiger partial charge in [0, 0.05) is 43.9 Å². The van der Waals surface area contributed by atoms with Crippen LogP contribution in [0.15, 0.2) is 72.8 Å². The number of benzene rings is 3. The van der Waals surface area contributed by atoms with Gasteiger partial charge in [-0.2, -0.15) is 0 Å². The number of rotatable bonds is 13. The number of hydrogen-bond acceptors (Lipinski definition) is 6. The van der Waals surface area contributed by atoms with Gasteiger partial charge in [-0.25, -0.2) is 4.79 Å². The Morgan fingerprint density at radius 2 is 1.56 bits per heavy atom. The van der Waals surface area contributed by atoms with Crippen molar-refractivity contribution in [2.75, 3.05) is 18.6 Å². The molecular formula is C38H43ClN4O7. The van der Waals surface area contributed by atoms with Crippen LogP contribution < -0.4 is 20.3 Å². The van der Waals surface area contributed by atoms with E-state index in [-0.39, 0.29) is 36.5 Å². The van der Waals surface area contributed by atoms with Crippen molar-refractivity contribution in [2.24, 2.45) is 5.41 Å². The maximum absolute atomic E-state index is 14.3. The minimum atomic E-state index is -1.18. The monoisotopic (exact) mass is 702 g/mol. The van der Waals surface area contributed by atoms with Crippen molar-refractivity contribution in [1.82, 2.24) is 15.5 Å². The number of carbonyl (C=O) groups is 5. The van der Waals surface area contributed by atoms with E-state index in [1.807, 2.05) is 24.3 Å². The van der Waals surface area contributed by atoms with Gasteiger partial charge in [-0.3, -0.25) is 24.1 Å². The van der Waals surface area contributed by atoms with E-state index in [2.05, 4.69) is 10.6 Å². The molecule has 0 radical (unpaired) electrons. The highest BCUT2D eigenvalue weighted by molar-refractivity contribution is 6.30. The highest BCUT2D eigenvalue weighted by Gasteiger charge is 2.49. The first-order valence-corrected chi connectivity index (χ1v) is 17.2. The van der Waals surface area contributed by atoms with Crippen molar-refractivity contribution in [3.05, 3.63) is 94.5 Å². The summed E-state index contributed by atoms with van der Waals surface area (Å²) in [7, 11) is 1.58. The molecule has 2 aliphatic rings. The second kappa shape index (κ2) is 15.8. The Morgan fingerprint density at radius 3 is 2.12 bits per heavy atom. The second-order valence-corrected chi connectivity index (χ2v) is 13.5. The molecule has 264 valence electrons. The minimum absolute atomic E-state index is 0.0252. The van der Waals surface area contributed by atoms with Crippen LogP contribution in [0.5, 0.6) is 5.75 Å². The number of aliphatic carboxylic acids is 1. The molecule has 1 heterocycles. The number of nitrogens with zero attached hydrogens (tertiary/aromatic N) is 2. The third kappa shape index (κ3) is 8.10. The lowest BCUT2D eigenvalue weighted by Crippen LogP contribution is -2.49. The molecule has 5 rings (SSSR count). The molecule has 0 bridgehead atoms. The number of nitrogens with one attached hydrogen (secondary N) is 2. The van der Waals surface area contributed by atoms with E-state index >= 15 is 0 Å². The minimum Gasteiger partial charge on any atom is -0.497 e. The first-order valence-electron chi connectivity index (χ1n) is 16.8. The molecule has 1 saturated heterocycles. The van der Waals surface area contributed by atoms with Gasteiger partial charge in [-0.1, -0.05) is 60.8 Å². The Hall–Kier alpha value is -4.90. The quantitative estimate of drug-likeness (QED) is 0.226. The maximum atomic E-state index is 14.3. The predicted octanol–water partition coefficient (Wildman–Crippen LogP) is 5.05. The first-order chi connectivity index (χ1) is 23.9. The summed E-state index contributed by atoms with van der Waals surface area (Å²) in [6, 6.07) is 19.4. The van der Waals surface area contributed by atoms with Gasteiger partial charge in [0.1, 0.15) is 24.0 Å². The van der Waals surface area contributed by atoms with Crippen LogP contribution >= 0.6 is 11.6 Å². The molecule has 3 atom stereocenters. The molecular weight excluding hydrogens is 660 g/mol. The molecule has 1 aliphatic carbocycles. The van der Waals surface area contributed by atoms with Crippen LogP contribution in [0.4, 0.5) is 5.69 Å². The van der Waals surface area contributed by atoms with E-state index in [1.54, 1.807) is 65.4 Å². The van der Waals surface area contributed by atoms with E-state index in [0.717, 1.165) is 18.4 Å². The van der Waals surface area contributed by atoms with E-state index in [9.17, 15) is 29.1 Å². The summed E-state index contributed by atoms with van der Waals surface area (Å²) in [5, 5.41) is 16.1. The summed E-state index contributed by atoms with van der Waals surface area (Å²) >= 11 is 6.20. The van der Waals surface area contributed by atoms with E-state index in [0.29, 0.717) is 53.4 Å². The van der Waals surface area contributed by atoms with E-state index in [1.165, 1.54) is 13.8 Å². The lowest BCUT2D eigenvalue weighted by Gasteiger charge is -2.31. The van der Waals surface area contributed by atoms with Crippen LogP contribution in [-0.2, 0) is 36.8 Å². The number of anilines is 1. The Morgan fingerprint density at radius 1 is 0.940 bits per heavy atom. The molecule has 0 spiro atoms. The summed E-state index contributed by atoms with van der Waals surface area (Å²) in [6.07, 6.45) is 2.99. The lowest BCUT2D eigenvalue weighted by molar-refractivity contribution is -0.144. The van der Waals surface area contributed by atoms with Crippen LogP contribution in [0.2, 0.25) is 5.02 Å². The zero-order valence-electron chi connectivity index (χ0n) is 28.5. The molecule has 1 saturated carbocycles. The average molecular weight is 703 g/mol. The SMILES string of the molecule is COc1ccc(C[C@@H]2C(=O)N(c3ccc(CC(NC(=O)C4(CCNC(C)=O)CCCC4)C(=O)O)cc3)C(c3ccc(Cl)cc3)N2C(C)=O)cc1. The Labute approximate surface area is 296 Å². The van der Waals surface area contributed by atoms with Gasteiger partial charge in [0.15, 0.2) is 0 Å². The molecule has 11 nitrogen and oxygen atoms in total. The molecule has 3 N–H and O–H groups in total. The number of methoxy groups -OCH3 is 1. The molecule has 4 amide bonds. The van der Waals surface area contributed by atoms with Crippen molar-refractivity contribution >= 4 is 46.9 Å². The largest absolute Gasteiger partial charge is 0.497 e. The highest BCUT2D eigenvalue weighted by atomic mass is 35.5. The first kappa shape index (κ1) is 36.4. The van der Waals surface area contributed by atoms with Gasteiger partial charge < -0.3 is 25.4 Å². The van der Waals surface area contributed by atoms with Gasteiger partial charge in [-0.05, 0) is 72.4 Å². The van der Waals surface area contributed by atoms with Crippen LogP contribution in [0.3, 0.4) is 0 Å². The summed E-state index contributed by atoms with van der Waals surface area (Å²) in [5.74, 6) is -1.50. The molecule has 2 fully saturated rings. The summed E-state index contributed by atoms with van der Waals surface area (Å²) in [5.41, 5.74) is 2.01. The fourth-order valence-electron chi connectivity index (χ4n) is 7.13. The smallest absolute Gasteiger partial charge is 0.326 e. The number of carboxylic acids is 1. The number of amides is 4. The Bertz CT molecular complexity index is 1710. The molecule has 3 aromatic rings. The summed E-state index contributed by atoms with van der Waals surface area (Å²) in [4.78, 5) is 68.0. The number of ether oxygens (including phenoxy) is 1. The van der Waals surface area contributed by atoms with Gasteiger partial charge in [0.25, 0.3) is 5.91 Å². The van der Waals surface area contributed by atoms with Crippen molar-refractivity contribution in [3.8, 4) is 5.75 Å². The predicted molar refractivity (Wildman–Crippen MR) is 189 cm³/mol.